The van der Waals surface area contributed by atoms with Gasteiger partial charge in [-0.25, -0.2) is 8.42 Å². The van der Waals surface area contributed by atoms with Crippen LogP contribution in [0.15, 0.2) is 65.2 Å². The van der Waals surface area contributed by atoms with Gasteiger partial charge in [-0.1, -0.05) is 55.8 Å². The summed E-state index contributed by atoms with van der Waals surface area (Å²) in [6, 6.07) is 15.1. The van der Waals surface area contributed by atoms with Gasteiger partial charge >= 0.3 is 0 Å². The normalized spacial score (nSPS) is 13.9. The molecule has 7 heteroatoms. The number of nitrogens with zero attached hydrogens (tertiary/aromatic N) is 2. The summed E-state index contributed by atoms with van der Waals surface area (Å²) >= 11 is 0. The number of unbranched alkanes of at least 4 members (excludes halogenated alkanes) is 1. The van der Waals surface area contributed by atoms with Crippen molar-refractivity contribution in [3.05, 3.63) is 76.3 Å². The first-order valence-electron chi connectivity index (χ1n) is 10.6. The molecule has 0 bridgehead atoms. The lowest BCUT2D eigenvalue weighted by atomic mass is 9.92. The number of benzene rings is 2. The Morgan fingerprint density at radius 2 is 1.32 bits per heavy atom. The number of likely N-dealkylation sites (N-methyl/N-ethyl adjacent to an activating group) is 1. The molecule has 2 aromatic carbocycles. The first-order chi connectivity index (χ1) is 14.9. The number of allylic oxidation sites excluding steroid dienone is 2. The van der Waals surface area contributed by atoms with Gasteiger partial charge in [0.25, 0.3) is 10.0 Å². The highest BCUT2D eigenvalue weighted by atomic mass is 32.2. The summed E-state index contributed by atoms with van der Waals surface area (Å²) in [6.45, 7) is 6.69. The minimum Gasteiger partial charge on any atom is -0.368 e. The number of para-hydroxylation sites is 1. The highest BCUT2D eigenvalue weighted by Crippen LogP contribution is 2.34. The zero-order valence-corrected chi connectivity index (χ0v) is 19.0. The number of rotatable bonds is 9. The van der Waals surface area contributed by atoms with Crippen LogP contribution >= 0.6 is 0 Å². The number of Topliss-reactive ketones (excluding diaryl/α,β-unsaturated/α-hetero) is 2. The van der Waals surface area contributed by atoms with Crippen LogP contribution in [0, 0.1) is 0 Å². The molecule has 0 amide bonds. The van der Waals surface area contributed by atoms with E-state index in [1.807, 2.05) is 20.8 Å². The molecule has 0 N–H and O–H groups in total. The summed E-state index contributed by atoms with van der Waals surface area (Å²) in [5.41, 5.74) is 0.811. The minimum atomic E-state index is -4.29. The molecular weight excluding hydrogens is 412 g/mol. The van der Waals surface area contributed by atoms with Gasteiger partial charge in [-0.3, -0.25) is 13.9 Å². The number of carbonyl (C=O) groups is 2. The van der Waals surface area contributed by atoms with Gasteiger partial charge in [-0.05, 0) is 32.4 Å². The maximum Gasteiger partial charge on any atom is 0.270 e. The molecule has 3 rings (SSSR count). The van der Waals surface area contributed by atoms with Crippen molar-refractivity contribution >= 4 is 27.3 Å². The third kappa shape index (κ3) is 4.14. The second kappa shape index (κ2) is 9.47. The van der Waals surface area contributed by atoms with Crippen molar-refractivity contribution in [3.63, 3.8) is 0 Å². The van der Waals surface area contributed by atoms with Crippen LogP contribution < -0.4 is 4.31 Å². The van der Waals surface area contributed by atoms with E-state index in [4.69, 9.17) is 0 Å². The van der Waals surface area contributed by atoms with Gasteiger partial charge in [0.2, 0.25) is 11.6 Å². The number of ketones is 2. The van der Waals surface area contributed by atoms with Gasteiger partial charge < -0.3 is 4.90 Å². The van der Waals surface area contributed by atoms with Crippen molar-refractivity contribution in [3.8, 4) is 0 Å². The van der Waals surface area contributed by atoms with Gasteiger partial charge in [-0.2, -0.15) is 0 Å². The van der Waals surface area contributed by atoms with E-state index in [0.29, 0.717) is 25.2 Å². The summed E-state index contributed by atoms with van der Waals surface area (Å²) in [5.74, 6) is -1.06. The van der Waals surface area contributed by atoms with Crippen LogP contribution in [0.3, 0.4) is 0 Å². The van der Waals surface area contributed by atoms with Crippen LogP contribution in [0.5, 0.6) is 0 Å². The Morgan fingerprint density at radius 1 is 0.774 bits per heavy atom. The molecule has 0 aliphatic heterocycles. The maximum atomic E-state index is 14.0. The monoisotopic (exact) mass is 440 g/mol. The first kappa shape index (κ1) is 22.7. The lowest BCUT2D eigenvalue weighted by Gasteiger charge is -2.32. The SMILES string of the molecule is CCCCN(c1ccccc1)S(=O)(=O)C1=C(N(CC)CC)C(=O)c2ccccc2C1=O. The van der Waals surface area contributed by atoms with E-state index in [1.54, 1.807) is 53.4 Å². The van der Waals surface area contributed by atoms with E-state index in [1.165, 1.54) is 10.4 Å². The number of carbonyl (C=O) groups excluding carboxylic acids is 2. The Balaban J connectivity index is 2.28. The third-order valence-electron chi connectivity index (χ3n) is 5.44. The average molecular weight is 441 g/mol. The summed E-state index contributed by atoms with van der Waals surface area (Å²) in [7, 11) is -4.29. The van der Waals surface area contributed by atoms with Crippen molar-refractivity contribution in [2.75, 3.05) is 23.9 Å². The van der Waals surface area contributed by atoms with E-state index in [0.717, 1.165) is 6.42 Å². The predicted molar refractivity (Wildman–Crippen MR) is 123 cm³/mol. The van der Waals surface area contributed by atoms with Crippen molar-refractivity contribution in [1.82, 2.24) is 4.90 Å². The van der Waals surface area contributed by atoms with Crippen LogP contribution in [0.4, 0.5) is 5.69 Å². The summed E-state index contributed by atoms with van der Waals surface area (Å²) < 4.78 is 29.2. The van der Waals surface area contributed by atoms with Gasteiger partial charge in [-0.15, -0.1) is 0 Å². The molecule has 0 aromatic heterocycles. The highest BCUT2D eigenvalue weighted by molar-refractivity contribution is 7.97. The molecule has 31 heavy (non-hydrogen) atoms. The molecule has 1 aliphatic carbocycles. The van der Waals surface area contributed by atoms with Gasteiger partial charge in [0.1, 0.15) is 5.70 Å². The summed E-state index contributed by atoms with van der Waals surface area (Å²) in [5, 5.41) is 0. The number of hydrogen-bond acceptors (Lipinski definition) is 5. The van der Waals surface area contributed by atoms with E-state index < -0.39 is 26.5 Å². The molecule has 0 atom stereocenters. The molecule has 0 heterocycles. The largest absolute Gasteiger partial charge is 0.368 e. The highest BCUT2D eigenvalue weighted by Gasteiger charge is 2.43. The van der Waals surface area contributed by atoms with Crippen LogP contribution in [0.1, 0.15) is 54.3 Å². The summed E-state index contributed by atoms with van der Waals surface area (Å²) in [4.78, 5) is 28.2. The quantitative estimate of drug-likeness (QED) is 0.583. The Hall–Kier alpha value is -2.93. The molecule has 0 radical (unpaired) electrons. The Morgan fingerprint density at radius 3 is 1.87 bits per heavy atom. The zero-order chi connectivity index (χ0) is 22.6. The first-order valence-corrected chi connectivity index (χ1v) is 12.1. The van der Waals surface area contributed by atoms with Crippen molar-refractivity contribution in [2.45, 2.75) is 33.6 Å². The van der Waals surface area contributed by atoms with Crippen molar-refractivity contribution in [2.24, 2.45) is 0 Å². The topological polar surface area (TPSA) is 74.8 Å². The van der Waals surface area contributed by atoms with Gasteiger partial charge in [0, 0.05) is 30.8 Å². The lowest BCUT2D eigenvalue weighted by Crippen LogP contribution is -2.42. The Bertz CT molecular complexity index is 1100. The van der Waals surface area contributed by atoms with Crippen molar-refractivity contribution in [1.29, 1.82) is 0 Å². The molecule has 0 fully saturated rings. The van der Waals surface area contributed by atoms with Crippen LogP contribution in [0.2, 0.25) is 0 Å². The molecule has 164 valence electrons. The van der Waals surface area contributed by atoms with E-state index in [9.17, 15) is 18.0 Å². The molecule has 0 unspecified atom stereocenters. The van der Waals surface area contributed by atoms with E-state index >= 15 is 0 Å². The van der Waals surface area contributed by atoms with Gasteiger partial charge in [0.15, 0.2) is 4.91 Å². The predicted octanol–water partition coefficient (Wildman–Crippen LogP) is 4.26. The number of sulfonamides is 1. The lowest BCUT2D eigenvalue weighted by molar-refractivity contribution is 0.0949. The molecule has 0 saturated carbocycles. The van der Waals surface area contributed by atoms with E-state index in [2.05, 4.69) is 0 Å². The molecule has 0 spiro atoms. The smallest absolute Gasteiger partial charge is 0.270 e. The zero-order valence-electron chi connectivity index (χ0n) is 18.2. The number of anilines is 1. The average Bonchev–Trinajstić information content (AvgIpc) is 2.78. The second-order valence-electron chi connectivity index (χ2n) is 7.32. The Labute approximate surface area is 184 Å². The fourth-order valence-corrected chi connectivity index (χ4v) is 5.60. The molecule has 2 aromatic rings. The molecule has 6 nitrogen and oxygen atoms in total. The molecule has 1 aliphatic rings. The van der Waals surface area contributed by atoms with Gasteiger partial charge in [0.05, 0.1) is 5.69 Å². The van der Waals surface area contributed by atoms with Crippen molar-refractivity contribution < 1.29 is 18.0 Å². The maximum absolute atomic E-state index is 14.0. The molecule has 0 saturated heterocycles. The Kier molecular flexibility index (Phi) is 6.95. The fourth-order valence-electron chi connectivity index (χ4n) is 3.80. The second-order valence-corrected chi connectivity index (χ2v) is 9.12. The van der Waals surface area contributed by atoms with Crippen LogP contribution in [-0.4, -0.2) is 44.5 Å². The summed E-state index contributed by atoms with van der Waals surface area (Å²) in [6.07, 6.45) is 1.41. The minimum absolute atomic E-state index is 0.0360. The third-order valence-corrected chi connectivity index (χ3v) is 7.31. The van der Waals surface area contributed by atoms with Crippen LogP contribution in [-0.2, 0) is 10.0 Å². The standard InChI is InChI=1S/C24H28N2O4S/c1-4-7-17-26(18-13-9-8-10-14-18)31(29,30)24-21(25(5-2)6-3)22(27)19-15-11-12-16-20(19)23(24)28/h8-16H,4-7,17H2,1-3H3. The van der Waals surface area contributed by atoms with Crippen LogP contribution in [0.25, 0.3) is 0 Å². The number of fused-ring (bicyclic) bond motifs is 1. The molecular formula is C24H28N2O4S. The number of hydrogen-bond donors (Lipinski definition) is 0. The fraction of sp³-hybridized carbons (Fsp3) is 0.333. The van der Waals surface area contributed by atoms with E-state index in [-0.39, 0.29) is 23.4 Å².